The number of carbonyl (C=O) groups excluding carboxylic acids is 3. The van der Waals surface area contributed by atoms with Gasteiger partial charge < -0.3 is 20.5 Å². The van der Waals surface area contributed by atoms with Gasteiger partial charge in [0, 0.05) is 25.1 Å². The molecule has 1 rings (SSSR count). The van der Waals surface area contributed by atoms with Gasteiger partial charge in [0.2, 0.25) is 5.91 Å². The molecule has 0 aromatic heterocycles. The van der Waals surface area contributed by atoms with E-state index in [1.165, 1.54) is 12.1 Å². The molecule has 0 aliphatic carbocycles. The van der Waals surface area contributed by atoms with E-state index in [1.807, 2.05) is 0 Å². The summed E-state index contributed by atoms with van der Waals surface area (Å²) in [5, 5.41) is 14.5. The molecule has 22 heavy (non-hydrogen) atoms. The lowest BCUT2D eigenvalue weighted by Gasteiger charge is -2.07. The summed E-state index contributed by atoms with van der Waals surface area (Å²) in [6, 6.07) is 5.97. The second kappa shape index (κ2) is 9.38. The van der Waals surface area contributed by atoms with Gasteiger partial charge in [-0.15, -0.1) is 0 Å². The van der Waals surface area contributed by atoms with E-state index in [9.17, 15) is 19.5 Å². The monoisotopic (exact) mass is 308 g/mol. The maximum Gasteiger partial charge on any atom is 0.306 e. The minimum absolute atomic E-state index is 0.0138. The highest BCUT2D eigenvalue weighted by atomic mass is 16.5. The Hall–Kier alpha value is -2.57. The molecule has 1 aromatic rings. The van der Waals surface area contributed by atoms with Gasteiger partial charge in [-0.05, 0) is 25.1 Å². The van der Waals surface area contributed by atoms with Crippen molar-refractivity contribution in [2.24, 2.45) is 0 Å². The molecule has 0 aliphatic heterocycles. The average molecular weight is 308 g/mol. The number of benzene rings is 1. The van der Waals surface area contributed by atoms with Crippen molar-refractivity contribution in [2.45, 2.75) is 19.8 Å². The van der Waals surface area contributed by atoms with Gasteiger partial charge >= 0.3 is 5.97 Å². The highest BCUT2D eigenvalue weighted by molar-refractivity contribution is 5.94. The summed E-state index contributed by atoms with van der Waals surface area (Å²) in [5.41, 5.74) is 0.341. The van der Waals surface area contributed by atoms with Gasteiger partial charge in [-0.1, -0.05) is 6.07 Å². The van der Waals surface area contributed by atoms with Crippen molar-refractivity contribution in [1.82, 2.24) is 10.6 Å². The van der Waals surface area contributed by atoms with Crippen LogP contribution >= 0.6 is 0 Å². The van der Waals surface area contributed by atoms with E-state index >= 15 is 0 Å². The van der Waals surface area contributed by atoms with Crippen molar-refractivity contribution >= 4 is 17.8 Å². The van der Waals surface area contributed by atoms with E-state index in [1.54, 1.807) is 19.1 Å². The summed E-state index contributed by atoms with van der Waals surface area (Å²) >= 11 is 0. The van der Waals surface area contributed by atoms with Gasteiger partial charge in [-0.2, -0.15) is 0 Å². The molecule has 3 N–H and O–H groups in total. The molecule has 0 radical (unpaired) electrons. The summed E-state index contributed by atoms with van der Waals surface area (Å²) in [5.74, 6) is -1.01. The Kier molecular flexibility index (Phi) is 7.45. The van der Waals surface area contributed by atoms with Gasteiger partial charge in [0.05, 0.1) is 13.0 Å². The van der Waals surface area contributed by atoms with Crippen LogP contribution in [0.3, 0.4) is 0 Å². The zero-order valence-electron chi connectivity index (χ0n) is 12.4. The first-order valence-corrected chi connectivity index (χ1v) is 7.02. The van der Waals surface area contributed by atoms with Crippen molar-refractivity contribution < 1.29 is 24.2 Å². The summed E-state index contributed by atoms with van der Waals surface area (Å²) < 4.78 is 4.71. The van der Waals surface area contributed by atoms with Crippen molar-refractivity contribution in [3.8, 4) is 5.75 Å². The number of phenolic OH excluding ortho intramolecular Hbond substituents is 1. The number of rotatable bonds is 8. The largest absolute Gasteiger partial charge is 0.508 e. The molecule has 0 aliphatic rings. The lowest BCUT2D eigenvalue weighted by atomic mass is 10.2. The van der Waals surface area contributed by atoms with Gasteiger partial charge in [0.15, 0.2) is 0 Å². The summed E-state index contributed by atoms with van der Waals surface area (Å²) in [6.07, 6.45) is 0.0919. The quantitative estimate of drug-likeness (QED) is 0.481. The Morgan fingerprint density at radius 2 is 1.86 bits per heavy atom. The van der Waals surface area contributed by atoms with Crippen molar-refractivity contribution in [3.63, 3.8) is 0 Å². The molecular weight excluding hydrogens is 288 g/mol. The average Bonchev–Trinajstić information content (AvgIpc) is 2.49. The Morgan fingerprint density at radius 3 is 2.55 bits per heavy atom. The molecule has 0 saturated heterocycles. The minimum Gasteiger partial charge on any atom is -0.508 e. The third kappa shape index (κ3) is 6.74. The van der Waals surface area contributed by atoms with Gasteiger partial charge in [-0.3, -0.25) is 14.4 Å². The van der Waals surface area contributed by atoms with Crippen LogP contribution in [-0.4, -0.2) is 42.6 Å². The molecule has 7 nitrogen and oxygen atoms in total. The predicted molar refractivity (Wildman–Crippen MR) is 79.3 cm³/mol. The van der Waals surface area contributed by atoms with E-state index < -0.39 is 5.97 Å². The molecule has 0 heterocycles. The first-order chi connectivity index (χ1) is 10.5. The van der Waals surface area contributed by atoms with Crippen LogP contribution in [0.1, 0.15) is 30.1 Å². The van der Waals surface area contributed by atoms with Crippen LogP contribution in [0.5, 0.6) is 5.75 Å². The zero-order chi connectivity index (χ0) is 16.4. The Balaban J connectivity index is 2.18. The van der Waals surface area contributed by atoms with E-state index in [0.717, 1.165) is 0 Å². The smallest absolute Gasteiger partial charge is 0.306 e. The van der Waals surface area contributed by atoms with E-state index in [0.29, 0.717) is 12.2 Å². The van der Waals surface area contributed by atoms with Crippen LogP contribution in [0, 0.1) is 0 Å². The highest BCUT2D eigenvalue weighted by Crippen LogP contribution is 2.10. The maximum absolute atomic E-state index is 11.7. The van der Waals surface area contributed by atoms with Crippen molar-refractivity contribution in [1.29, 1.82) is 0 Å². The molecule has 1 aromatic carbocycles. The lowest BCUT2D eigenvalue weighted by Crippen LogP contribution is -2.34. The molecule has 0 saturated carbocycles. The van der Waals surface area contributed by atoms with E-state index in [4.69, 9.17) is 4.74 Å². The summed E-state index contributed by atoms with van der Waals surface area (Å²) in [6.45, 7) is 2.50. The number of amides is 2. The molecule has 0 unspecified atom stereocenters. The normalized spacial score (nSPS) is 9.86. The number of nitrogens with one attached hydrogen (secondary N) is 2. The van der Waals surface area contributed by atoms with Crippen LogP contribution in [0.2, 0.25) is 0 Å². The maximum atomic E-state index is 11.7. The molecule has 7 heteroatoms. The molecule has 120 valence electrons. The number of aromatic hydroxyl groups is 1. The van der Waals surface area contributed by atoms with Crippen LogP contribution in [-0.2, 0) is 14.3 Å². The molecule has 0 spiro atoms. The molecular formula is C15H20N2O5. The highest BCUT2D eigenvalue weighted by Gasteiger charge is 2.08. The van der Waals surface area contributed by atoms with Crippen LogP contribution < -0.4 is 10.6 Å². The van der Waals surface area contributed by atoms with Crippen LogP contribution in [0.4, 0.5) is 0 Å². The second-order valence-corrected chi connectivity index (χ2v) is 4.46. The first-order valence-electron chi connectivity index (χ1n) is 7.02. The van der Waals surface area contributed by atoms with Gasteiger partial charge in [0.25, 0.3) is 5.91 Å². The molecule has 2 amide bonds. The number of ether oxygens (including phenoxy) is 1. The predicted octanol–water partition coefficient (Wildman–Crippen LogP) is 0.581. The van der Waals surface area contributed by atoms with Gasteiger partial charge in [-0.25, -0.2) is 0 Å². The Labute approximate surface area is 128 Å². The van der Waals surface area contributed by atoms with Crippen LogP contribution in [0.15, 0.2) is 24.3 Å². The molecule has 0 bridgehead atoms. The Bertz CT molecular complexity index is 530. The topological polar surface area (TPSA) is 105 Å². The summed E-state index contributed by atoms with van der Waals surface area (Å²) in [7, 11) is 0. The summed E-state index contributed by atoms with van der Waals surface area (Å²) in [4.78, 5) is 34.3. The Morgan fingerprint density at radius 1 is 1.14 bits per heavy atom. The fourth-order valence-corrected chi connectivity index (χ4v) is 1.66. The fraction of sp³-hybridized carbons (Fsp3) is 0.400. The second-order valence-electron chi connectivity index (χ2n) is 4.46. The minimum atomic E-state index is -0.408. The van der Waals surface area contributed by atoms with E-state index in [-0.39, 0.29) is 43.5 Å². The van der Waals surface area contributed by atoms with E-state index in [2.05, 4.69) is 10.6 Å². The fourth-order valence-electron chi connectivity index (χ4n) is 1.66. The third-order valence-corrected chi connectivity index (χ3v) is 2.70. The number of hydrogen-bond acceptors (Lipinski definition) is 5. The van der Waals surface area contributed by atoms with Crippen molar-refractivity contribution in [2.75, 3.05) is 19.7 Å². The van der Waals surface area contributed by atoms with Gasteiger partial charge in [0.1, 0.15) is 5.75 Å². The number of phenols is 1. The van der Waals surface area contributed by atoms with Crippen LogP contribution in [0.25, 0.3) is 0 Å². The number of hydrogen-bond donors (Lipinski definition) is 3. The number of carbonyl (C=O) groups is 3. The first kappa shape index (κ1) is 17.5. The molecule has 0 atom stereocenters. The van der Waals surface area contributed by atoms with Crippen molar-refractivity contribution in [3.05, 3.63) is 29.8 Å². The number of esters is 1. The standard InChI is InChI=1S/C15H20N2O5/c1-2-22-14(20)7-6-13(19)16-8-9-17-15(21)11-4-3-5-12(18)10-11/h3-5,10,18H,2,6-9H2,1H3,(H,16,19)(H,17,21). The zero-order valence-corrected chi connectivity index (χ0v) is 12.4. The lowest BCUT2D eigenvalue weighted by molar-refractivity contribution is -0.144. The SMILES string of the molecule is CCOC(=O)CCC(=O)NCCNC(=O)c1cccc(O)c1. The third-order valence-electron chi connectivity index (χ3n) is 2.70. The molecule has 0 fully saturated rings.